The van der Waals surface area contributed by atoms with Crippen LogP contribution in [0.4, 0.5) is 10.1 Å². The van der Waals surface area contributed by atoms with Crippen LogP contribution in [0, 0.1) is 11.7 Å². The molecule has 1 amide bonds. The molecule has 2 aliphatic rings. The third-order valence-electron chi connectivity index (χ3n) is 3.21. The van der Waals surface area contributed by atoms with E-state index in [2.05, 4.69) is 5.10 Å². The van der Waals surface area contributed by atoms with Gasteiger partial charge >= 0.3 is 0 Å². The number of amides is 1. The van der Waals surface area contributed by atoms with Crippen molar-refractivity contribution in [1.29, 1.82) is 0 Å². The van der Waals surface area contributed by atoms with Gasteiger partial charge in [-0.15, -0.1) is 0 Å². The van der Waals surface area contributed by atoms with Crippen LogP contribution in [0.15, 0.2) is 23.3 Å². The van der Waals surface area contributed by atoms with E-state index >= 15 is 0 Å². The molecule has 1 saturated carbocycles. The molecule has 0 saturated heterocycles. The minimum absolute atomic E-state index is 0.0493. The second-order valence-corrected chi connectivity index (χ2v) is 4.69. The third kappa shape index (κ3) is 1.63. The van der Waals surface area contributed by atoms with Crippen molar-refractivity contribution in [2.75, 3.05) is 5.01 Å². The van der Waals surface area contributed by atoms with Gasteiger partial charge in [0.15, 0.2) is 0 Å². The van der Waals surface area contributed by atoms with Gasteiger partial charge in [-0.3, -0.25) is 4.79 Å². The number of nitrogens with zero attached hydrogens (tertiary/aromatic N) is 2. The second-order valence-electron chi connectivity index (χ2n) is 4.28. The van der Waals surface area contributed by atoms with Gasteiger partial charge in [-0.2, -0.15) is 5.10 Å². The van der Waals surface area contributed by atoms with E-state index in [-0.39, 0.29) is 16.8 Å². The molecule has 1 aromatic carbocycles. The Morgan fingerprint density at radius 1 is 1.47 bits per heavy atom. The first kappa shape index (κ1) is 10.7. The summed E-state index contributed by atoms with van der Waals surface area (Å²) in [5.41, 5.74) is 1.36. The topological polar surface area (TPSA) is 32.7 Å². The van der Waals surface area contributed by atoms with Gasteiger partial charge in [0.2, 0.25) is 0 Å². The summed E-state index contributed by atoms with van der Waals surface area (Å²) in [7, 11) is 0. The molecule has 0 bridgehead atoms. The number of rotatable bonds is 1. The van der Waals surface area contributed by atoms with Gasteiger partial charge in [0.1, 0.15) is 5.82 Å². The first-order valence-electron chi connectivity index (χ1n) is 5.53. The minimum atomic E-state index is -0.533. The number of hydrazone groups is 1. The Bertz CT molecular complexity index is 529. The molecule has 5 heteroatoms. The molecular weight excluding hydrogens is 243 g/mol. The van der Waals surface area contributed by atoms with Crippen LogP contribution in [-0.2, 0) is 4.79 Å². The molecule has 88 valence electrons. The maximum atomic E-state index is 13.3. The fourth-order valence-corrected chi connectivity index (χ4v) is 2.46. The van der Waals surface area contributed by atoms with E-state index in [1.54, 1.807) is 6.07 Å². The van der Waals surface area contributed by atoms with E-state index in [0.29, 0.717) is 5.69 Å². The van der Waals surface area contributed by atoms with Gasteiger partial charge in [-0.25, -0.2) is 9.40 Å². The highest BCUT2D eigenvalue weighted by Crippen LogP contribution is 2.33. The summed E-state index contributed by atoms with van der Waals surface area (Å²) < 4.78 is 13.3. The van der Waals surface area contributed by atoms with Crippen LogP contribution in [-0.4, -0.2) is 11.6 Å². The molecule has 3 rings (SSSR count). The molecule has 1 aliphatic heterocycles. The van der Waals surface area contributed by atoms with Crippen molar-refractivity contribution >= 4 is 28.9 Å². The van der Waals surface area contributed by atoms with E-state index in [9.17, 15) is 9.18 Å². The molecule has 0 spiro atoms. The van der Waals surface area contributed by atoms with Crippen LogP contribution < -0.4 is 5.01 Å². The molecule has 1 aromatic rings. The summed E-state index contributed by atoms with van der Waals surface area (Å²) in [6.07, 6.45) is 2.73. The molecule has 0 N–H and O–H groups in total. The summed E-state index contributed by atoms with van der Waals surface area (Å²) in [5.74, 6) is -0.679. The van der Waals surface area contributed by atoms with Crippen LogP contribution in [0.3, 0.4) is 0 Å². The summed E-state index contributed by atoms with van der Waals surface area (Å²) in [5, 5.41) is 5.60. The Hall–Kier alpha value is -1.42. The van der Waals surface area contributed by atoms with Crippen molar-refractivity contribution < 1.29 is 9.18 Å². The number of anilines is 1. The molecule has 1 heterocycles. The van der Waals surface area contributed by atoms with Gasteiger partial charge in [0, 0.05) is 6.07 Å². The predicted octanol–water partition coefficient (Wildman–Crippen LogP) is 2.98. The summed E-state index contributed by atoms with van der Waals surface area (Å²) in [6.45, 7) is 0. The van der Waals surface area contributed by atoms with E-state index < -0.39 is 5.82 Å². The number of hydrogen-bond acceptors (Lipinski definition) is 2. The van der Waals surface area contributed by atoms with Crippen molar-refractivity contribution in [2.45, 2.75) is 19.3 Å². The summed E-state index contributed by atoms with van der Waals surface area (Å²) >= 11 is 5.61. The minimum Gasteiger partial charge on any atom is -0.272 e. The Morgan fingerprint density at radius 3 is 3.00 bits per heavy atom. The highest BCUT2D eigenvalue weighted by Gasteiger charge is 2.39. The van der Waals surface area contributed by atoms with Crippen LogP contribution in [0.25, 0.3) is 0 Å². The number of benzene rings is 1. The lowest BCUT2D eigenvalue weighted by atomic mass is 10.1. The van der Waals surface area contributed by atoms with Crippen molar-refractivity contribution in [1.82, 2.24) is 0 Å². The maximum absolute atomic E-state index is 13.3. The Labute approximate surface area is 103 Å². The van der Waals surface area contributed by atoms with E-state index in [0.717, 1.165) is 25.0 Å². The fourth-order valence-electron chi connectivity index (χ4n) is 2.34. The molecular formula is C12H10ClFN2O. The van der Waals surface area contributed by atoms with Gasteiger partial charge in [-0.05, 0) is 31.4 Å². The fraction of sp³-hybridized carbons (Fsp3) is 0.333. The molecule has 0 radical (unpaired) electrons. The molecule has 1 atom stereocenters. The average Bonchev–Trinajstić information content (AvgIpc) is 2.86. The molecule has 1 fully saturated rings. The molecule has 1 unspecified atom stereocenters. The first-order valence-corrected chi connectivity index (χ1v) is 5.91. The van der Waals surface area contributed by atoms with Crippen LogP contribution in [0.1, 0.15) is 19.3 Å². The number of halogens is 2. The van der Waals surface area contributed by atoms with Gasteiger partial charge in [-0.1, -0.05) is 11.6 Å². The van der Waals surface area contributed by atoms with Crippen molar-refractivity contribution in [2.24, 2.45) is 11.0 Å². The van der Waals surface area contributed by atoms with Crippen molar-refractivity contribution in [3.05, 3.63) is 29.0 Å². The summed E-state index contributed by atoms with van der Waals surface area (Å²) in [6, 6.07) is 4.29. The van der Waals surface area contributed by atoms with E-state index in [1.165, 1.54) is 17.1 Å². The number of carbonyl (C=O) groups is 1. The number of carbonyl (C=O) groups excluding carboxylic acids is 1. The largest absolute Gasteiger partial charge is 0.272 e. The smallest absolute Gasteiger partial charge is 0.256 e. The number of hydrogen-bond donors (Lipinski definition) is 0. The van der Waals surface area contributed by atoms with E-state index in [4.69, 9.17) is 11.6 Å². The van der Waals surface area contributed by atoms with Gasteiger partial charge in [0.25, 0.3) is 5.91 Å². The lowest BCUT2D eigenvalue weighted by Crippen LogP contribution is -2.25. The highest BCUT2D eigenvalue weighted by molar-refractivity contribution is 6.30. The van der Waals surface area contributed by atoms with Gasteiger partial charge < -0.3 is 0 Å². The monoisotopic (exact) mass is 252 g/mol. The lowest BCUT2D eigenvalue weighted by Gasteiger charge is -2.13. The third-order valence-corrected chi connectivity index (χ3v) is 3.52. The quantitative estimate of drug-likeness (QED) is 0.756. The Kier molecular flexibility index (Phi) is 2.40. The maximum Gasteiger partial charge on any atom is 0.256 e. The average molecular weight is 253 g/mol. The normalized spacial score (nSPS) is 22.9. The predicted molar refractivity (Wildman–Crippen MR) is 63.7 cm³/mol. The number of fused-ring (bicyclic) bond motifs is 1. The second kappa shape index (κ2) is 3.81. The lowest BCUT2D eigenvalue weighted by molar-refractivity contribution is -0.119. The first-order chi connectivity index (χ1) is 8.16. The zero-order valence-corrected chi connectivity index (χ0v) is 9.75. The zero-order chi connectivity index (χ0) is 12.0. The SMILES string of the molecule is O=C1C2CCCC2=NN1c1ccc(Cl)c(F)c1. The molecule has 17 heavy (non-hydrogen) atoms. The van der Waals surface area contributed by atoms with Crippen molar-refractivity contribution in [3.8, 4) is 0 Å². The molecule has 3 nitrogen and oxygen atoms in total. The summed E-state index contributed by atoms with van der Waals surface area (Å²) in [4.78, 5) is 12.0. The standard InChI is InChI=1S/C12H10ClFN2O/c13-9-5-4-7(6-10(9)14)16-12(17)8-2-1-3-11(8)15-16/h4-6,8H,1-3H2. The molecule has 1 aliphatic carbocycles. The zero-order valence-electron chi connectivity index (χ0n) is 8.99. The highest BCUT2D eigenvalue weighted by atomic mass is 35.5. The Balaban J connectivity index is 1.97. The van der Waals surface area contributed by atoms with Crippen LogP contribution in [0.5, 0.6) is 0 Å². The van der Waals surface area contributed by atoms with Gasteiger partial charge in [0.05, 0.1) is 22.3 Å². The van der Waals surface area contributed by atoms with Crippen LogP contribution >= 0.6 is 11.6 Å². The van der Waals surface area contributed by atoms with E-state index in [1.807, 2.05) is 0 Å². The molecule has 0 aromatic heterocycles. The van der Waals surface area contributed by atoms with Crippen LogP contribution in [0.2, 0.25) is 5.02 Å². The van der Waals surface area contributed by atoms with Crippen molar-refractivity contribution in [3.63, 3.8) is 0 Å². The Morgan fingerprint density at radius 2 is 2.29 bits per heavy atom.